The molecule has 0 bridgehead atoms. The second kappa shape index (κ2) is 4.11. The zero-order valence-corrected chi connectivity index (χ0v) is 10.8. The van der Waals surface area contributed by atoms with Gasteiger partial charge in [-0.2, -0.15) is 0 Å². The highest BCUT2D eigenvalue weighted by Crippen LogP contribution is 2.27. The molecule has 1 amide bonds. The van der Waals surface area contributed by atoms with Gasteiger partial charge in [0.1, 0.15) is 0 Å². The Hall–Kier alpha value is -0.590. The fourth-order valence-corrected chi connectivity index (χ4v) is 2.86. The minimum Gasteiger partial charge on any atom is -0.366 e. The van der Waals surface area contributed by atoms with Gasteiger partial charge in [-0.1, -0.05) is 15.9 Å². The summed E-state index contributed by atoms with van der Waals surface area (Å²) in [4.78, 5) is 10.8. The van der Waals surface area contributed by atoms with Gasteiger partial charge in [0.05, 0.1) is 4.90 Å². The van der Waals surface area contributed by atoms with Crippen LogP contribution in [0.2, 0.25) is 0 Å². The molecule has 0 radical (unpaired) electrons. The van der Waals surface area contributed by atoms with Crippen LogP contribution in [0, 0.1) is 6.92 Å². The molecule has 0 aliphatic heterocycles. The quantitative estimate of drug-likeness (QED) is 0.846. The Balaban J connectivity index is 3.59. The van der Waals surface area contributed by atoms with Crippen LogP contribution in [0.4, 0.5) is 0 Å². The third kappa shape index (κ3) is 2.70. The summed E-state index contributed by atoms with van der Waals surface area (Å²) in [7, 11) is 1.33. The monoisotopic (exact) mass is 311 g/mol. The van der Waals surface area contributed by atoms with Gasteiger partial charge >= 0.3 is 0 Å². The molecular weight excluding hydrogens is 306 g/mol. The highest BCUT2D eigenvalue weighted by Gasteiger charge is 2.18. The molecule has 0 aromatic heterocycles. The maximum Gasteiger partial charge on any atom is 0.261 e. The lowest BCUT2D eigenvalue weighted by Crippen LogP contribution is -2.12. The minimum absolute atomic E-state index is 0.0895. The number of primary amides is 1. The van der Waals surface area contributed by atoms with E-state index in [1.807, 2.05) is 0 Å². The Morgan fingerprint density at radius 2 is 2.00 bits per heavy atom. The van der Waals surface area contributed by atoms with Crippen LogP contribution in [-0.4, -0.2) is 14.3 Å². The molecule has 82 valence electrons. The van der Waals surface area contributed by atoms with E-state index in [9.17, 15) is 13.2 Å². The van der Waals surface area contributed by atoms with Crippen LogP contribution in [-0.2, 0) is 9.05 Å². The fraction of sp³-hybridized carbons (Fsp3) is 0.125. The fourth-order valence-electron chi connectivity index (χ4n) is 1.05. The van der Waals surface area contributed by atoms with E-state index in [0.717, 1.165) is 6.07 Å². The second-order valence-corrected chi connectivity index (χ2v) is 6.27. The number of carbonyl (C=O) groups is 1. The number of hydrogen-bond donors (Lipinski definition) is 1. The van der Waals surface area contributed by atoms with Crippen molar-refractivity contribution in [3.63, 3.8) is 0 Å². The smallest absolute Gasteiger partial charge is 0.261 e. The van der Waals surface area contributed by atoms with Crippen molar-refractivity contribution in [3.8, 4) is 0 Å². The number of nitrogens with two attached hydrogens (primary N) is 1. The lowest BCUT2D eigenvalue weighted by Gasteiger charge is -2.06. The summed E-state index contributed by atoms with van der Waals surface area (Å²) in [6.07, 6.45) is 0. The first-order chi connectivity index (χ1) is 6.73. The van der Waals surface area contributed by atoms with E-state index in [1.54, 1.807) is 6.92 Å². The zero-order chi connectivity index (χ0) is 11.8. The van der Waals surface area contributed by atoms with Gasteiger partial charge in [-0.25, -0.2) is 8.42 Å². The summed E-state index contributed by atoms with van der Waals surface area (Å²) in [5.74, 6) is -0.711. The molecule has 1 aromatic carbocycles. The number of benzene rings is 1. The predicted octanol–water partition coefficient (Wildman–Crippen LogP) is 1.78. The van der Waals surface area contributed by atoms with E-state index in [4.69, 9.17) is 16.4 Å². The van der Waals surface area contributed by atoms with Gasteiger partial charge in [-0.15, -0.1) is 0 Å². The van der Waals surface area contributed by atoms with Crippen LogP contribution in [0.5, 0.6) is 0 Å². The zero-order valence-electron chi connectivity index (χ0n) is 7.62. The predicted molar refractivity (Wildman–Crippen MR) is 60.4 cm³/mol. The number of halogens is 2. The van der Waals surface area contributed by atoms with Crippen LogP contribution in [0.3, 0.4) is 0 Å². The maximum absolute atomic E-state index is 11.2. The van der Waals surface area contributed by atoms with E-state index >= 15 is 0 Å². The summed E-state index contributed by atoms with van der Waals surface area (Å²) in [6.45, 7) is 1.57. The van der Waals surface area contributed by atoms with E-state index in [-0.39, 0.29) is 10.5 Å². The molecule has 0 saturated heterocycles. The summed E-state index contributed by atoms with van der Waals surface area (Å²) in [6, 6.07) is 2.61. The maximum atomic E-state index is 11.2. The molecular formula is C8H7BrClNO3S. The molecule has 0 aliphatic rings. The van der Waals surface area contributed by atoms with Gasteiger partial charge < -0.3 is 5.73 Å². The van der Waals surface area contributed by atoms with Crippen molar-refractivity contribution in [2.45, 2.75) is 11.8 Å². The Morgan fingerprint density at radius 1 is 1.47 bits per heavy atom. The molecule has 0 aliphatic carbocycles. The SMILES string of the molecule is Cc1c(Br)cc(C(N)=O)cc1S(=O)(=O)Cl. The molecule has 0 heterocycles. The van der Waals surface area contributed by atoms with Crippen molar-refractivity contribution < 1.29 is 13.2 Å². The third-order valence-electron chi connectivity index (χ3n) is 1.84. The third-order valence-corrected chi connectivity index (χ3v) is 4.12. The molecule has 0 unspecified atom stereocenters. The standard InChI is InChI=1S/C8H7BrClNO3S/c1-4-6(9)2-5(8(11)12)3-7(4)15(10,13)14/h2-3H,1H3,(H2,11,12). The number of rotatable bonds is 2. The van der Waals surface area contributed by atoms with Gasteiger partial charge in [-0.3, -0.25) is 4.79 Å². The molecule has 0 saturated carbocycles. The largest absolute Gasteiger partial charge is 0.366 e. The van der Waals surface area contributed by atoms with Crippen LogP contribution in [0.15, 0.2) is 21.5 Å². The van der Waals surface area contributed by atoms with E-state index in [2.05, 4.69) is 15.9 Å². The molecule has 0 spiro atoms. The van der Waals surface area contributed by atoms with Gasteiger partial charge in [0.2, 0.25) is 5.91 Å². The van der Waals surface area contributed by atoms with E-state index < -0.39 is 15.0 Å². The van der Waals surface area contributed by atoms with Gasteiger partial charge in [-0.05, 0) is 24.6 Å². The van der Waals surface area contributed by atoms with Crippen LogP contribution >= 0.6 is 26.6 Å². The first-order valence-electron chi connectivity index (χ1n) is 3.78. The molecule has 7 heteroatoms. The molecule has 2 N–H and O–H groups in total. The van der Waals surface area contributed by atoms with Gasteiger partial charge in [0.15, 0.2) is 0 Å². The molecule has 0 fully saturated rings. The summed E-state index contributed by atoms with van der Waals surface area (Å²) in [5.41, 5.74) is 5.58. The van der Waals surface area contributed by atoms with Gasteiger partial charge in [0.25, 0.3) is 9.05 Å². The topological polar surface area (TPSA) is 77.2 Å². The van der Waals surface area contributed by atoms with Crippen molar-refractivity contribution in [2.75, 3.05) is 0 Å². The number of amides is 1. The summed E-state index contributed by atoms with van der Waals surface area (Å²) in [5, 5.41) is 0. The summed E-state index contributed by atoms with van der Waals surface area (Å²) < 4.78 is 22.8. The summed E-state index contributed by atoms with van der Waals surface area (Å²) >= 11 is 3.13. The first-order valence-corrected chi connectivity index (χ1v) is 6.88. The van der Waals surface area contributed by atoms with Gasteiger partial charge in [0, 0.05) is 20.7 Å². The highest BCUT2D eigenvalue weighted by molar-refractivity contribution is 9.10. The Kier molecular flexibility index (Phi) is 3.42. The number of carbonyl (C=O) groups excluding carboxylic acids is 1. The normalized spacial score (nSPS) is 11.4. The Bertz CT molecular complexity index is 527. The van der Waals surface area contributed by atoms with E-state index in [1.165, 1.54) is 6.07 Å². The van der Waals surface area contributed by atoms with Crippen LogP contribution < -0.4 is 5.73 Å². The van der Waals surface area contributed by atoms with E-state index in [0.29, 0.717) is 10.0 Å². The van der Waals surface area contributed by atoms with Crippen molar-refractivity contribution in [3.05, 3.63) is 27.7 Å². The molecule has 4 nitrogen and oxygen atoms in total. The average Bonchev–Trinajstić information content (AvgIpc) is 2.06. The molecule has 1 rings (SSSR count). The second-order valence-electron chi connectivity index (χ2n) is 2.88. The Labute approximate surface area is 100.0 Å². The lowest BCUT2D eigenvalue weighted by molar-refractivity contribution is 0.1000. The van der Waals surface area contributed by atoms with Crippen molar-refractivity contribution in [2.24, 2.45) is 5.73 Å². The van der Waals surface area contributed by atoms with Crippen LogP contribution in [0.1, 0.15) is 15.9 Å². The van der Waals surface area contributed by atoms with Crippen molar-refractivity contribution in [1.29, 1.82) is 0 Å². The Morgan fingerprint density at radius 3 is 2.40 bits per heavy atom. The first kappa shape index (κ1) is 12.5. The molecule has 0 atom stereocenters. The van der Waals surface area contributed by atoms with Crippen LogP contribution in [0.25, 0.3) is 0 Å². The van der Waals surface area contributed by atoms with Crippen molar-refractivity contribution >= 4 is 41.6 Å². The molecule has 1 aromatic rings. The highest BCUT2D eigenvalue weighted by atomic mass is 79.9. The average molecular weight is 313 g/mol. The molecule has 15 heavy (non-hydrogen) atoms. The van der Waals surface area contributed by atoms with Crippen molar-refractivity contribution in [1.82, 2.24) is 0 Å². The minimum atomic E-state index is -3.88. The number of hydrogen-bond acceptors (Lipinski definition) is 3. The lowest BCUT2D eigenvalue weighted by atomic mass is 10.1.